The first-order valence-corrected chi connectivity index (χ1v) is 5.63. The van der Waals surface area contributed by atoms with E-state index >= 15 is 0 Å². The van der Waals surface area contributed by atoms with Gasteiger partial charge in [-0.3, -0.25) is 0 Å². The van der Waals surface area contributed by atoms with Crippen molar-refractivity contribution in [3.8, 4) is 10.8 Å². The molecule has 0 fully saturated rings. The van der Waals surface area contributed by atoms with Gasteiger partial charge in [0.25, 0.3) is 11.2 Å². The highest BCUT2D eigenvalue weighted by Crippen LogP contribution is 2.35. The van der Waals surface area contributed by atoms with E-state index in [0.29, 0.717) is 5.89 Å². The van der Waals surface area contributed by atoms with Gasteiger partial charge in [-0.2, -0.15) is 4.98 Å². The summed E-state index contributed by atoms with van der Waals surface area (Å²) < 4.78 is 5.00. The summed E-state index contributed by atoms with van der Waals surface area (Å²) in [5, 5.41) is 3.74. The number of aromatic nitrogens is 2. The number of aryl methyl sites for hydroxylation is 2. The van der Waals surface area contributed by atoms with E-state index in [0.717, 1.165) is 4.88 Å². The van der Waals surface area contributed by atoms with Crippen LogP contribution in [0, 0.1) is 0 Å². The van der Waals surface area contributed by atoms with E-state index in [4.69, 9.17) is 16.1 Å². The van der Waals surface area contributed by atoms with Gasteiger partial charge in [-0.15, -0.1) is 11.3 Å². The predicted molar refractivity (Wildman–Crippen MR) is 54.6 cm³/mol. The second kappa shape index (κ2) is 3.07. The Kier molecular flexibility index (Phi) is 1.85. The van der Waals surface area contributed by atoms with Crippen molar-refractivity contribution >= 4 is 22.9 Å². The van der Waals surface area contributed by atoms with Gasteiger partial charge >= 0.3 is 0 Å². The molecule has 2 aromatic heterocycles. The lowest BCUT2D eigenvalue weighted by Gasteiger charge is -1.86. The van der Waals surface area contributed by atoms with E-state index in [-0.39, 0.29) is 5.28 Å². The predicted octanol–water partition coefficient (Wildman–Crippen LogP) is 2.94. The van der Waals surface area contributed by atoms with Gasteiger partial charge in [-0.25, -0.2) is 0 Å². The zero-order valence-electron chi connectivity index (χ0n) is 7.29. The summed E-state index contributed by atoms with van der Waals surface area (Å²) in [7, 11) is 0. The minimum atomic E-state index is 0.175. The maximum Gasteiger partial charge on any atom is 0.269 e. The Balaban J connectivity index is 2.05. The summed E-state index contributed by atoms with van der Waals surface area (Å²) in [6.45, 7) is 0. The monoisotopic (exact) mass is 226 g/mol. The maximum absolute atomic E-state index is 5.59. The molecule has 0 N–H and O–H groups in total. The fourth-order valence-corrected chi connectivity index (χ4v) is 3.03. The van der Waals surface area contributed by atoms with Crippen molar-refractivity contribution in [1.82, 2.24) is 10.1 Å². The van der Waals surface area contributed by atoms with Gasteiger partial charge in [0, 0.05) is 4.88 Å². The lowest BCUT2D eigenvalue weighted by Crippen LogP contribution is -1.73. The second-order valence-electron chi connectivity index (χ2n) is 3.28. The summed E-state index contributed by atoms with van der Waals surface area (Å²) in [6.07, 6.45) is 3.63. The molecule has 2 heterocycles. The first-order valence-electron chi connectivity index (χ1n) is 4.44. The number of fused-ring (bicyclic) bond motifs is 1. The van der Waals surface area contributed by atoms with Crippen LogP contribution in [0.3, 0.4) is 0 Å². The van der Waals surface area contributed by atoms with Gasteiger partial charge in [-0.05, 0) is 47.6 Å². The molecular formula is C9H7ClN2OS. The topological polar surface area (TPSA) is 38.9 Å². The Morgan fingerprint density at radius 1 is 1.43 bits per heavy atom. The molecule has 14 heavy (non-hydrogen) atoms. The van der Waals surface area contributed by atoms with Crippen molar-refractivity contribution in [2.24, 2.45) is 0 Å². The Morgan fingerprint density at radius 2 is 2.36 bits per heavy atom. The molecule has 0 aliphatic heterocycles. The van der Waals surface area contributed by atoms with E-state index < -0.39 is 0 Å². The number of hydrogen-bond donors (Lipinski definition) is 0. The summed E-state index contributed by atoms with van der Waals surface area (Å²) >= 11 is 7.33. The molecular weight excluding hydrogens is 220 g/mol. The number of rotatable bonds is 1. The molecule has 0 atom stereocenters. The second-order valence-corrected chi connectivity index (χ2v) is 4.76. The molecule has 0 aromatic carbocycles. The zero-order chi connectivity index (χ0) is 9.54. The van der Waals surface area contributed by atoms with E-state index in [1.165, 1.54) is 29.7 Å². The zero-order valence-corrected chi connectivity index (χ0v) is 8.86. The molecule has 0 bridgehead atoms. The third kappa shape index (κ3) is 1.26. The van der Waals surface area contributed by atoms with Crippen molar-refractivity contribution < 1.29 is 4.52 Å². The molecule has 0 unspecified atom stereocenters. The molecule has 72 valence electrons. The van der Waals surface area contributed by atoms with E-state index in [1.807, 2.05) is 0 Å². The Hall–Kier alpha value is -0.870. The number of halogens is 1. The minimum absolute atomic E-state index is 0.175. The van der Waals surface area contributed by atoms with Gasteiger partial charge in [0.05, 0.1) is 4.88 Å². The third-order valence-corrected chi connectivity index (χ3v) is 3.74. The SMILES string of the molecule is Clc1noc(-c2cc3c(s2)CCC3)n1. The van der Waals surface area contributed by atoms with Crippen LogP contribution < -0.4 is 0 Å². The smallest absolute Gasteiger partial charge is 0.269 e. The normalized spacial score (nSPS) is 14.6. The quantitative estimate of drug-likeness (QED) is 0.751. The highest BCUT2D eigenvalue weighted by molar-refractivity contribution is 7.15. The number of nitrogens with zero attached hydrogens (tertiary/aromatic N) is 2. The lowest BCUT2D eigenvalue weighted by molar-refractivity contribution is 0.431. The van der Waals surface area contributed by atoms with Crippen LogP contribution in [0.15, 0.2) is 10.6 Å². The van der Waals surface area contributed by atoms with Crippen LogP contribution in [-0.2, 0) is 12.8 Å². The molecule has 0 radical (unpaired) electrons. The standard InChI is InChI=1S/C9H7ClN2OS/c10-9-11-8(13-12-9)7-4-5-2-1-3-6(5)14-7/h4H,1-3H2. The largest absolute Gasteiger partial charge is 0.332 e. The van der Waals surface area contributed by atoms with Gasteiger partial charge in [0.2, 0.25) is 0 Å². The fraction of sp³-hybridized carbons (Fsp3) is 0.333. The Labute approximate surface area is 89.7 Å². The Bertz CT molecular complexity index is 455. The number of hydrogen-bond acceptors (Lipinski definition) is 4. The van der Waals surface area contributed by atoms with Gasteiger partial charge < -0.3 is 4.52 Å². The van der Waals surface area contributed by atoms with Gasteiger partial charge in [0.1, 0.15) is 0 Å². The molecule has 3 nitrogen and oxygen atoms in total. The van der Waals surface area contributed by atoms with E-state index in [9.17, 15) is 0 Å². The molecule has 0 spiro atoms. The van der Waals surface area contributed by atoms with E-state index in [1.54, 1.807) is 11.3 Å². The van der Waals surface area contributed by atoms with Crippen LogP contribution in [0.5, 0.6) is 0 Å². The van der Waals surface area contributed by atoms with Crippen LogP contribution in [-0.4, -0.2) is 10.1 Å². The summed E-state index contributed by atoms with van der Waals surface area (Å²) in [5.41, 5.74) is 1.43. The average molecular weight is 227 g/mol. The van der Waals surface area contributed by atoms with Crippen LogP contribution >= 0.6 is 22.9 Å². The molecule has 0 saturated heterocycles. The summed E-state index contributed by atoms with van der Waals surface area (Å²) in [4.78, 5) is 6.48. The highest BCUT2D eigenvalue weighted by atomic mass is 35.5. The summed E-state index contributed by atoms with van der Waals surface area (Å²) in [6, 6.07) is 2.14. The van der Waals surface area contributed by atoms with Crippen LogP contribution in [0.2, 0.25) is 5.28 Å². The van der Waals surface area contributed by atoms with Crippen molar-refractivity contribution in [3.05, 3.63) is 21.8 Å². The molecule has 1 aliphatic carbocycles. The Morgan fingerprint density at radius 3 is 3.07 bits per heavy atom. The van der Waals surface area contributed by atoms with E-state index in [2.05, 4.69) is 16.2 Å². The molecule has 0 saturated carbocycles. The maximum atomic E-state index is 5.59. The molecule has 5 heteroatoms. The average Bonchev–Trinajstić information content (AvgIpc) is 2.75. The minimum Gasteiger partial charge on any atom is -0.332 e. The molecule has 1 aliphatic rings. The summed E-state index contributed by atoms with van der Waals surface area (Å²) in [5.74, 6) is 0.536. The van der Waals surface area contributed by atoms with Crippen molar-refractivity contribution in [2.75, 3.05) is 0 Å². The van der Waals surface area contributed by atoms with Gasteiger partial charge in [-0.1, -0.05) is 0 Å². The first-order chi connectivity index (χ1) is 6.83. The molecule has 3 rings (SSSR count). The molecule has 0 amide bonds. The number of thiophene rings is 1. The fourth-order valence-electron chi connectivity index (χ4n) is 1.74. The van der Waals surface area contributed by atoms with Crippen molar-refractivity contribution in [2.45, 2.75) is 19.3 Å². The van der Waals surface area contributed by atoms with Crippen molar-refractivity contribution in [3.63, 3.8) is 0 Å². The first kappa shape index (κ1) is 8.44. The van der Waals surface area contributed by atoms with Crippen LogP contribution in [0.1, 0.15) is 16.9 Å². The van der Waals surface area contributed by atoms with Crippen LogP contribution in [0.25, 0.3) is 10.8 Å². The third-order valence-electron chi connectivity index (χ3n) is 2.36. The van der Waals surface area contributed by atoms with Gasteiger partial charge in [0.15, 0.2) is 0 Å². The lowest BCUT2D eigenvalue weighted by atomic mass is 10.2. The highest BCUT2D eigenvalue weighted by Gasteiger charge is 2.18. The van der Waals surface area contributed by atoms with Crippen LogP contribution in [0.4, 0.5) is 0 Å². The molecule has 2 aromatic rings. The van der Waals surface area contributed by atoms with Crippen molar-refractivity contribution in [1.29, 1.82) is 0 Å².